The molecule has 20 heavy (non-hydrogen) atoms. The summed E-state index contributed by atoms with van der Waals surface area (Å²) < 4.78 is 0. The van der Waals surface area contributed by atoms with Crippen molar-refractivity contribution in [3.8, 4) is 0 Å². The van der Waals surface area contributed by atoms with Gasteiger partial charge in [-0.1, -0.05) is 13.0 Å². The molecule has 0 heterocycles. The second-order valence-electron chi connectivity index (χ2n) is 5.38. The first kappa shape index (κ1) is 16.2. The molecule has 4 N–H and O–H groups in total. The van der Waals surface area contributed by atoms with Crippen LogP contribution in [0.1, 0.15) is 37.6 Å². The Balaban J connectivity index is 2.78. The first-order chi connectivity index (χ1) is 9.40. The maximum absolute atomic E-state index is 12.0. The van der Waals surface area contributed by atoms with E-state index in [1.54, 1.807) is 38.1 Å². The zero-order valence-electron chi connectivity index (χ0n) is 12.3. The monoisotopic (exact) mass is 277 g/mol. The van der Waals surface area contributed by atoms with Gasteiger partial charge in [-0.3, -0.25) is 9.59 Å². The van der Waals surface area contributed by atoms with E-state index in [1.807, 2.05) is 6.92 Å². The van der Waals surface area contributed by atoms with Crippen LogP contribution in [0.15, 0.2) is 24.3 Å². The van der Waals surface area contributed by atoms with Crippen molar-refractivity contribution in [2.45, 2.75) is 27.2 Å². The number of benzene rings is 1. The van der Waals surface area contributed by atoms with E-state index in [1.165, 1.54) is 0 Å². The molecule has 0 bridgehead atoms. The summed E-state index contributed by atoms with van der Waals surface area (Å²) in [6, 6.07) is 6.87. The van der Waals surface area contributed by atoms with Crippen molar-refractivity contribution >= 4 is 17.5 Å². The van der Waals surface area contributed by atoms with Crippen molar-refractivity contribution in [1.82, 2.24) is 5.32 Å². The predicted octanol–water partition coefficient (Wildman–Crippen LogP) is 1.75. The van der Waals surface area contributed by atoms with Crippen LogP contribution in [0.5, 0.6) is 0 Å². The van der Waals surface area contributed by atoms with Crippen LogP contribution >= 0.6 is 0 Å². The minimum atomic E-state index is -0.638. The highest BCUT2D eigenvalue weighted by atomic mass is 16.2. The molecule has 0 aromatic heterocycles. The number of rotatable bonds is 6. The van der Waals surface area contributed by atoms with Crippen LogP contribution in [0, 0.1) is 5.41 Å². The Morgan fingerprint density at radius 2 is 2.00 bits per heavy atom. The highest BCUT2D eigenvalue weighted by Crippen LogP contribution is 2.18. The number of amides is 2. The van der Waals surface area contributed by atoms with Crippen LogP contribution in [0.25, 0.3) is 0 Å². The standard InChI is InChI=1S/C15H23N3O2/c1-4-8-17-13(19)11-6-5-7-12(9-11)18-14(20)15(2,3)10-16/h5-7,9H,4,8,10,16H2,1-3H3,(H,17,19)(H,18,20). The van der Waals surface area contributed by atoms with E-state index in [0.717, 1.165) is 6.42 Å². The fraction of sp³-hybridized carbons (Fsp3) is 0.467. The summed E-state index contributed by atoms with van der Waals surface area (Å²) in [6.45, 7) is 6.44. The summed E-state index contributed by atoms with van der Waals surface area (Å²) in [5.74, 6) is -0.299. The van der Waals surface area contributed by atoms with Gasteiger partial charge >= 0.3 is 0 Å². The molecular weight excluding hydrogens is 254 g/mol. The smallest absolute Gasteiger partial charge is 0.251 e. The first-order valence-electron chi connectivity index (χ1n) is 6.80. The van der Waals surface area contributed by atoms with Gasteiger partial charge in [0.05, 0.1) is 5.41 Å². The van der Waals surface area contributed by atoms with Crippen molar-refractivity contribution in [1.29, 1.82) is 0 Å². The lowest BCUT2D eigenvalue weighted by atomic mass is 9.92. The Morgan fingerprint density at radius 3 is 2.60 bits per heavy atom. The van der Waals surface area contributed by atoms with E-state index in [9.17, 15) is 9.59 Å². The fourth-order valence-electron chi connectivity index (χ4n) is 1.47. The molecule has 1 aromatic carbocycles. The van der Waals surface area contributed by atoms with E-state index in [4.69, 9.17) is 5.73 Å². The summed E-state index contributed by atoms with van der Waals surface area (Å²) >= 11 is 0. The maximum Gasteiger partial charge on any atom is 0.251 e. The molecule has 0 aliphatic heterocycles. The van der Waals surface area contributed by atoms with E-state index in [2.05, 4.69) is 10.6 Å². The van der Waals surface area contributed by atoms with Gasteiger partial charge in [0.2, 0.25) is 5.91 Å². The molecule has 2 amide bonds. The zero-order chi connectivity index (χ0) is 15.2. The number of hydrogen-bond donors (Lipinski definition) is 3. The molecule has 0 fully saturated rings. The third kappa shape index (κ3) is 4.35. The van der Waals surface area contributed by atoms with Crippen LogP contribution in [-0.2, 0) is 4.79 Å². The third-order valence-electron chi connectivity index (χ3n) is 3.04. The number of carbonyl (C=O) groups is 2. The molecule has 0 aliphatic rings. The molecule has 0 aliphatic carbocycles. The molecule has 0 saturated carbocycles. The molecule has 5 nitrogen and oxygen atoms in total. The number of hydrogen-bond acceptors (Lipinski definition) is 3. The summed E-state index contributed by atoms with van der Waals surface area (Å²) in [5, 5.41) is 5.58. The summed E-state index contributed by atoms with van der Waals surface area (Å²) in [5.41, 5.74) is 6.06. The second-order valence-corrected chi connectivity index (χ2v) is 5.38. The SMILES string of the molecule is CCCNC(=O)c1cccc(NC(=O)C(C)(C)CN)c1. The normalized spacial score (nSPS) is 11.0. The van der Waals surface area contributed by atoms with Gasteiger partial charge < -0.3 is 16.4 Å². The number of nitrogens with one attached hydrogen (secondary N) is 2. The van der Waals surface area contributed by atoms with Crippen LogP contribution in [0.2, 0.25) is 0 Å². The van der Waals surface area contributed by atoms with E-state index in [-0.39, 0.29) is 18.4 Å². The third-order valence-corrected chi connectivity index (χ3v) is 3.04. The zero-order valence-corrected chi connectivity index (χ0v) is 12.3. The highest BCUT2D eigenvalue weighted by Gasteiger charge is 2.25. The topological polar surface area (TPSA) is 84.2 Å². The molecular formula is C15H23N3O2. The Hall–Kier alpha value is -1.88. The van der Waals surface area contributed by atoms with Crippen LogP contribution < -0.4 is 16.4 Å². The average molecular weight is 277 g/mol. The van der Waals surface area contributed by atoms with E-state index in [0.29, 0.717) is 17.8 Å². The van der Waals surface area contributed by atoms with Crippen molar-refractivity contribution in [2.24, 2.45) is 11.1 Å². The molecule has 0 saturated heterocycles. The van der Waals surface area contributed by atoms with Gasteiger partial charge in [0, 0.05) is 24.3 Å². The van der Waals surface area contributed by atoms with Gasteiger partial charge in [-0.05, 0) is 38.5 Å². The fourth-order valence-corrected chi connectivity index (χ4v) is 1.47. The van der Waals surface area contributed by atoms with E-state index >= 15 is 0 Å². The quantitative estimate of drug-likeness (QED) is 0.740. The molecule has 1 aromatic rings. The van der Waals surface area contributed by atoms with Crippen LogP contribution in [0.3, 0.4) is 0 Å². The Morgan fingerprint density at radius 1 is 1.30 bits per heavy atom. The lowest BCUT2D eigenvalue weighted by molar-refractivity contribution is -0.123. The van der Waals surface area contributed by atoms with Crippen molar-refractivity contribution in [2.75, 3.05) is 18.4 Å². The lowest BCUT2D eigenvalue weighted by Crippen LogP contribution is -2.37. The predicted molar refractivity (Wildman–Crippen MR) is 80.5 cm³/mol. The Labute approximate surface area is 119 Å². The van der Waals surface area contributed by atoms with Crippen molar-refractivity contribution < 1.29 is 9.59 Å². The molecule has 110 valence electrons. The van der Waals surface area contributed by atoms with Gasteiger partial charge in [-0.15, -0.1) is 0 Å². The molecule has 5 heteroatoms. The minimum Gasteiger partial charge on any atom is -0.352 e. The highest BCUT2D eigenvalue weighted by molar-refractivity contribution is 5.98. The number of anilines is 1. The molecule has 0 atom stereocenters. The lowest BCUT2D eigenvalue weighted by Gasteiger charge is -2.21. The van der Waals surface area contributed by atoms with E-state index < -0.39 is 5.41 Å². The summed E-state index contributed by atoms with van der Waals surface area (Å²) in [4.78, 5) is 23.9. The largest absolute Gasteiger partial charge is 0.352 e. The van der Waals surface area contributed by atoms with Crippen molar-refractivity contribution in [3.63, 3.8) is 0 Å². The first-order valence-corrected chi connectivity index (χ1v) is 6.80. The van der Waals surface area contributed by atoms with Gasteiger partial charge in [-0.25, -0.2) is 0 Å². The summed E-state index contributed by atoms with van der Waals surface area (Å²) in [6.07, 6.45) is 0.882. The molecule has 0 spiro atoms. The van der Waals surface area contributed by atoms with Crippen molar-refractivity contribution in [3.05, 3.63) is 29.8 Å². The van der Waals surface area contributed by atoms with Gasteiger partial charge in [-0.2, -0.15) is 0 Å². The average Bonchev–Trinajstić information content (AvgIpc) is 2.44. The van der Waals surface area contributed by atoms with Gasteiger partial charge in [0.25, 0.3) is 5.91 Å². The molecule has 1 rings (SSSR count). The second kappa shape index (κ2) is 7.05. The Bertz CT molecular complexity index is 484. The Kier molecular flexibility index (Phi) is 5.70. The minimum absolute atomic E-state index is 0.138. The molecule has 0 unspecified atom stereocenters. The maximum atomic E-state index is 12.0. The van der Waals surface area contributed by atoms with Crippen LogP contribution in [-0.4, -0.2) is 24.9 Å². The molecule has 0 radical (unpaired) electrons. The number of carbonyl (C=O) groups excluding carboxylic acids is 2. The van der Waals surface area contributed by atoms with Gasteiger partial charge in [0.1, 0.15) is 0 Å². The summed E-state index contributed by atoms with van der Waals surface area (Å²) in [7, 11) is 0. The van der Waals surface area contributed by atoms with Crippen LogP contribution in [0.4, 0.5) is 5.69 Å². The van der Waals surface area contributed by atoms with Gasteiger partial charge in [0.15, 0.2) is 0 Å². The number of nitrogens with two attached hydrogens (primary N) is 1.